The molecular formula is C33H23ClFN7O. The van der Waals surface area contributed by atoms with Crippen LogP contribution in [-0.2, 0) is 13.1 Å². The first-order valence-corrected chi connectivity index (χ1v) is 13.7. The van der Waals surface area contributed by atoms with Gasteiger partial charge in [-0.15, -0.1) is 10.2 Å². The Hall–Kier alpha value is -5.59. The Labute approximate surface area is 251 Å². The van der Waals surface area contributed by atoms with Crippen LogP contribution in [0.5, 0.6) is 0 Å². The van der Waals surface area contributed by atoms with Gasteiger partial charge >= 0.3 is 0 Å². The van der Waals surface area contributed by atoms with Crippen molar-refractivity contribution in [2.75, 3.05) is 0 Å². The lowest BCUT2D eigenvalue weighted by molar-refractivity contribution is 0.0951. The maximum absolute atomic E-state index is 13.4. The summed E-state index contributed by atoms with van der Waals surface area (Å²) in [7, 11) is 0. The zero-order chi connectivity index (χ0) is 29.8. The second-order valence-corrected chi connectivity index (χ2v) is 10.3. The van der Waals surface area contributed by atoms with Gasteiger partial charge in [-0.3, -0.25) is 4.79 Å². The van der Waals surface area contributed by atoms with E-state index < -0.39 is 0 Å². The van der Waals surface area contributed by atoms with Crippen LogP contribution in [0.2, 0.25) is 5.02 Å². The Morgan fingerprint density at radius 1 is 0.977 bits per heavy atom. The average molecular weight is 588 g/mol. The van der Waals surface area contributed by atoms with Crippen molar-refractivity contribution in [1.82, 2.24) is 30.5 Å². The number of carbonyl (C=O) groups is 1. The summed E-state index contributed by atoms with van der Waals surface area (Å²) < 4.78 is 15.4. The van der Waals surface area contributed by atoms with Crippen LogP contribution in [-0.4, -0.2) is 31.1 Å². The van der Waals surface area contributed by atoms with E-state index in [0.717, 1.165) is 33.2 Å². The maximum atomic E-state index is 13.4. The molecule has 4 aromatic carbocycles. The number of benzene rings is 4. The van der Waals surface area contributed by atoms with E-state index in [2.05, 4.69) is 32.0 Å². The van der Waals surface area contributed by atoms with Crippen molar-refractivity contribution in [3.05, 3.63) is 136 Å². The summed E-state index contributed by atoms with van der Waals surface area (Å²) in [5.74, 6) is -0.0129. The number of amides is 1. The molecule has 0 aliphatic heterocycles. The van der Waals surface area contributed by atoms with Crippen LogP contribution in [0.3, 0.4) is 0 Å². The standard InChI is InChI=1S/C33H23ClFN7O/c34-28-11-14-30-27(20-42(31(30)16-28)19-22-3-12-29(35)13-4-22)15-26(17-36)23-7-9-25(10-8-23)33(43)37-18-21-1-5-24(6-2-21)32-38-40-41-39-32/h1-16,20H,18-19H2,(H,37,43)(H,38,39,40,41)/b26-15+. The molecule has 0 aliphatic rings. The van der Waals surface area contributed by atoms with Crippen molar-refractivity contribution in [2.45, 2.75) is 13.1 Å². The molecule has 43 heavy (non-hydrogen) atoms. The molecule has 0 aliphatic carbocycles. The summed E-state index contributed by atoms with van der Waals surface area (Å²) in [6.07, 6.45) is 3.78. The summed E-state index contributed by atoms with van der Waals surface area (Å²) in [6.45, 7) is 0.863. The lowest BCUT2D eigenvalue weighted by atomic mass is 10.0. The quantitative estimate of drug-likeness (QED) is 0.193. The third kappa shape index (κ3) is 6.20. The number of fused-ring (bicyclic) bond motifs is 1. The summed E-state index contributed by atoms with van der Waals surface area (Å²) in [5.41, 5.74) is 6.04. The molecule has 0 unspecified atom stereocenters. The molecule has 0 radical (unpaired) electrons. The van der Waals surface area contributed by atoms with E-state index in [4.69, 9.17) is 11.6 Å². The summed E-state index contributed by atoms with van der Waals surface area (Å²) in [4.78, 5) is 12.8. The lowest BCUT2D eigenvalue weighted by Crippen LogP contribution is -2.22. The van der Waals surface area contributed by atoms with E-state index in [1.807, 2.05) is 59.3 Å². The minimum Gasteiger partial charge on any atom is -0.348 e. The predicted molar refractivity (Wildman–Crippen MR) is 163 cm³/mol. The van der Waals surface area contributed by atoms with Gasteiger partial charge in [0.2, 0.25) is 5.82 Å². The van der Waals surface area contributed by atoms with Gasteiger partial charge < -0.3 is 9.88 Å². The highest BCUT2D eigenvalue weighted by atomic mass is 35.5. The minimum atomic E-state index is -0.289. The van der Waals surface area contributed by atoms with Gasteiger partial charge in [0.25, 0.3) is 5.91 Å². The highest BCUT2D eigenvalue weighted by molar-refractivity contribution is 6.31. The monoisotopic (exact) mass is 587 g/mol. The molecule has 210 valence electrons. The van der Waals surface area contributed by atoms with Crippen LogP contribution < -0.4 is 5.32 Å². The SMILES string of the molecule is N#C/C(=C\c1cn(Cc2ccc(F)cc2)c2cc(Cl)ccc12)c1ccc(C(=O)NCc2ccc(-c3nn[nH]n3)cc2)cc1. The smallest absolute Gasteiger partial charge is 0.251 e. The largest absolute Gasteiger partial charge is 0.348 e. The van der Waals surface area contributed by atoms with E-state index in [9.17, 15) is 14.4 Å². The summed E-state index contributed by atoms with van der Waals surface area (Å²) in [6, 6.07) is 28.7. The van der Waals surface area contributed by atoms with Crippen LogP contribution >= 0.6 is 11.6 Å². The molecule has 8 nitrogen and oxygen atoms in total. The van der Waals surface area contributed by atoms with Gasteiger partial charge in [0.05, 0.1) is 17.2 Å². The molecule has 0 saturated carbocycles. The number of nitrogens with one attached hydrogen (secondary N) is 2. The fourth-order valence-corrected chi connectivity index (χ4v) is 4.97. The molecule has 0 atom stereocenters. The minimum absolute atomic E-state index is 0.225. The first-order chi connectivity index (χ1) is 21.0. The number of H-pyrrole nitrogens is 1. The maximum Gasteiger partial charge on any atom is 0.251 e. The van der Waals surface area contributed by atoms with E-state index in [-0.39, 0.29) is 11.7 Å². The first-order valence-electron chi connectivity index (χ1n) is 13.3. The van der Waals surface area contributed by atoms with Gasteiger partial charge in [0.15, 0.2) is 0 Å². The van der Waals surface area contributed by atoms with Crippen LogP contribution in [0.15, 0.2) is 97.2 Å². The number of halogens is 2. The third-order valence-corrected chi connectivity index (χ3v) is 7.27. The molecule has 6 rings (SSSR count). The summed E-state index contributed by atoms with van der Waals surface area (Å²) in [5, 5.41) is 28.4. The van der Waals surface area contributed by atoms with Crippen molar-refractivity contribution in [2.24, 2.45) is 0 Å². The number of aromatic amines is 1. The number of nitrogens with zero attached hydrogens (tertiary/aromatic N) is 5. The van der Waals surface area contributed by atoms with E-state index in [1.165, 1.54) is 12.1 Å². The number of hydrogen-bond donors (Lipinski definition) is 2. The van der Waals surface area contributed by atoms with Crippen LogP contribution in [0.4, 0.5) is 4.39 Å². The normalized spacial score (nSPS) is 11.4. The number of rotatable bonds is 8. The fourth-order valence-electron chi connectivity index (χ4n) is 4.80. The first kappa shape index (κ1) is 27.6. The molecule has 2 N–H and O–H groups in total. The Balaban J connectivity index is 1.18. The molecule has 2 aromatic heterocycles. The second-order valence-electron chi connectivity index (χ2n) is 9.86. The fraction of sp³-hybridized carbons (Fsp3) is 0.0606. The number of tetrazole rings is 1. The molecular weight excluding hydrogens is 565 g/mol. The number of aromatic nitrogens is 5. The van der Waals surface area contributed by atoms with Gasteiger partial charge in [0.1, 0.15) is 5.82 Å². The van der Waals surface area contributed by atoms with Gasteiger partial charge in [-0.1, -0.05) is 66.2 Å². The average Bonchev–Trinajstić information content (AvgIpc) is 3.69. The molecule has 0 bridgehead atoms. The van der Waals surface area contributed by atoms with Gasteiger partial charge in [0, 0.05) is 46.4 Å². The van der Waals surface area contributed by atoms with Gasteiger partial charge in [-0.05, 0) is 64.4 Å². The molecule has 0 fully saturated rings. The lowest BCUT2D eigenvalue weighted by Gasteiger charge is -2.07. The highest BCUT2D eigenvalue weighted by Gasteiger charge is 2.12. The Bertz CT molecular complexity index is 1970. The van der Waals surface area contributed by atoms with Crippen molar-refractivity contribution in [1.29, 1.82) is 5.26 Å². The molecule has 1 amide bonds. The second kappa shape index (κ2) is 12.1. The van der Waals surface area contributed by atoms with Gasteiger partial charge in [-0.2, -0.15) is 10.5 Å². The number of nitriles is 1. The third-order valence-electron chi connectivity index (χ3n) is 7.03. The Morgan fingerprint density at radius 2 is 1.70 bits per heavy atom. The number of carbonyl (C=O) groups excluding carboxylic acids is 1. The van der Waals surface area contributed by atoms with E-state index >= 15 is 0 Å². The van der Waals surface area contributed by atoms with Crippen molar-refractivity contribution in [3.63, 3.8) is 0 Å². The molecule has 6 aromatic rings. The highest BCUT2D eigenvalue weighted by Crippen LogP contribution is 2.29. The van der Waals surface area contributed by atoms with Crippen LogP contribution in [0.1, 0.15) is 32.6 Å². The zero-order valence-corrected chi connectivity index (χ0v) is 23.4. The Kier molecular flexibility index (Phi) is 7.76. The topological polar surface area (TPSA) is 112 Å². The number of allylic oxidation sites excluding steroid dienone is 1. The van der Waals surface area contributed by atoms with E-state index in [0.29, 0.717) is 40.6 Å². The van der Waals surface area contributed by atoms with Crippen molar-refractivity contribution >= 4 is 40.1 Å². The molecule has 10 heteroatoms. The van der Waals surface area contributed by atoms with Crippen molar-refractivity contribution < 1.29 is 9.18 Å². The van der Waals surface area contributed by atoms with Gasteiger partial charge in [-0.25, -0.2) is 4.39 Å². The number of hydrogen-bond acceptors (Lipinski definition) is 5. The summed E-state index contributed by atoms with van der Waals surface area (Å²) >= 11 is 6.30. The molecule has 0 saturated heterocycles. The van der Waals surface area contributed by atoms with Crippen LogP contribution in [0.25, 0.3) is 33.9 Å². The molecule has 2 heterocycles. The zero-order valence-electron chi connectivity index (χ0n) is 22.6. The van der Waals surface area contributed by atoms with Crippen LogP contribution in [0, 0.1) is 17.1 Å². The Morgan fingerprint density at radius 3 is 2.40 bits per heavy atom. The van der Waals surface area contributed by atoms with Crippen molar-refractivity contribution in [3.8, 4) is 17.5 Å². The molecule has 0 spiro atoms. The van der Waals surface area contributed by atoms with E-state index in [1.54, 1.807) is 36.4 Å². The predicted octanol–water partition coefficient (Wildman–Crippen LogP) is 6.66.